The molecule has 0 saturated carbocycles. The van der Waals surface area contributed by atoms with Crippen molar-refractivity contribution in [2.75, 3.05) is 6.61 Å². The minimum absolute atomic E-state index is 0.235. The maximum Gasteiger partial charge on any atom is 0.338 e. The summed E-state index contributed by atoms with van der Waals surface area (Å²) in [7, 11) is 0. The average Bonchev–Trinajstić information content (AvgIpc) is 3.07. The summed E-state index contributed by atoms with van der Waals surface area (Å²) in [5, 5.41) is 0. The molecule has 0 N–H and O–H groups in total. The van der Waals surface area contributed by atoms with Gasteiger partial charge in [0.15, 0.2) is 0 Å². The molecule has 0 spiro atoms. The number of carbonyl (C=O) groups excluding carboxylic acids is 3. The van der Waals surface area contributed by atoms with Crippen LogP contribution in [0.5, 0.6) is 0 Å². The summed E-state index contributed by atoms with van der Waals surface area (Å²) in [6, 6.07) is 5.12. The Morgan fingerprint density at radius 1 is 1.26 bits per heavy atom. The minimum atomic E-state index is -0.333. The van der Waals surface area contributed by atoms with Gasteiger partial charge in [-0.2, -0.15) is 0 Å². The molecule has 0 radical (unpaired) electrons. The predicted octanol–water partition coefficient (Wildman–Crippen LogP) is 2.41. The van der Waals surface area contributed by atoms with E-state index in [4.69, 9.17) is 4.74 Å². The van der Waals surface area contributed by atoms with Gasteiger partial charge in [-0.3, -0.25) is 14.5 Å². The highest BCUT2D eigenvalue weighted by Gasteiger charge is 2.36. The Labute approximate surface area is 134 Å². The predicted molar refractivity (Wildman–Crippen MR) is 83.6 cm³/mol. The topological polar surface area (TPSA) is 63.7 Å². The molecule has 1 aromatic carbocycles. The van der Waals surface area contributed by atoms with Crippen molar-refractivity contribution in [3.8, 4) is 0 Å². The second-order valence-electron chi connectivity index (χ2n) is 6.34. The number of aryl methyl sites for hydroxylation is 1. The van der Waals surface area contributed by atoms with Crippen molar-refractivity contribution in [3.63, 3.8) is 0 Å². The van der Waals surface area contributed by atoms with E-state index < -0.39 is 0 Å². The van der Waals surface area contributed by atoms with Crippen LogP contribution in [0.1, 0.15) is 47.8 Å². The molecule has 120 valence electrons. The quantitative estimate of drug-likeness (QED) is 0.632. The van der Waals surface area contributed by atoms with Crippen LogP contribution >= 0.6 is 0 Å². The van der Waals surface area contributed by atoms with Gasteiger partial charge >= 0.3 is 5.97 Å². The number of rotatable bonds is 4. The van der Waals surface area contributed by atoms with Crippen LogP contribution in [-0.2, 0) is 20.7 Å². The number of esters is 1. The Hall–Kier alpha value is -2.43. The standard InChI is InChI=1S/C18H19NO4/c1-11(2)10-23-18(22)13-3-5-14-12(9-13)4-6-15(14)19-16(20)7-8-17(19)21/h3,5,7-9,11,15H,4,6,10H2,1-2H3/t15-/m0/s1. The average molecular weight is 313 g/mol. The highest BCUT2D eigenvalue weighted by molar-refractivity contribution is 6.13. The van der Waals surface area contributed by atoms with E-state index in [9.17, 15) is 14.4 Å². The van der Waals surface area contributed by atoms with Gasteiger partial charge in [0.2, 0.25) is 0 Å². The first-order valence-corrected chi connectivity index (χ1v) is 7.82. The first-order chi connectivity index (χ1) is 11.0. The Balaban J connectivity index is 1.79. The number of hydrogen-bond donors (Lipinski definition) is 0. The number of fused-ring (bicyclic) bond motifs is 1. The first-order valence-electron chi connectivity index (χ1n) is 7.82. The van der Waals surface area contributed by atoms with E-state index in [2.05, 4.69) is 0 Å². The molecular weight excluding hydrogens is 294 g/mol. The first kappa shape index (κ1) is 15.5. The third-order valence-electron chi connectivity index (χ3n) is 4.13. The third-order valence-corrected chi connectivity index (χ3v) is 4.13. The molecule has 23 heavy (non-hydrogen) atoms. The Bertz CT molecular complexity index is 687. The van der Waals surface area contributed by atoms with E-state index in [-0.39, 0.29) is 29.7 Å². The number of nitrogens with zero attached hydrogens (tertiary/aromatic N) is 1. The molecule has 1 aliphatic heterocycles. The highest BCUT2D eigenvalue weighted by atomic mass is 16.5. The molecule has 2 aliphatic rings. The van der Waals surface area contributed by atoms with Gasteiger partial charge in [0.25, 0.3) is 11.8 Å². The number of carbonyl (C=O) groups is 3. The lowest BCUT2D eigenvalue weighted by molar-refractivity contribution is -0.139. The molecule has 5 heteroatoms. The lowest BCUT2D eigenvalue weighted by Crippen LogP contribution is -2.33. The van der Waals surface area contributed by atoms with Crippen LogP contribution in [0, 0.1) is 5.92 Å². The van der Waals surface area contributed by atoms with Gasteiger partial charge in [-0.25, -0.2) is 4.79 Å². The lowest BCUT2D eigenvalue weighted by Gasteiger charge is -2.22. The Morgan fingerprint density at radius 2 is 1.96 bits per heavy atom. The summed E-state index contributed by atoms with van der Waals surface area (Å²) in [5.41, 5.74) is 2.46. The number of hydrogen-bond acceptors (Lipinski definition) is 4. The number of amides is 2. The molecule has 1 aromatic rings. The van der Waals surface area contributed by atoms with Gasteiger partial charge in [-0.05, 0) is 42.0 Å². The van der Waals surface area contributed by atoms with Gasteiger partial charge in [0.05, 0.1) is 18.2 Å². The van der Waals surface area contributed by atoms with E-state index in [0.717, 1.165) is 17.5 Å². The van der Waals surface area contributed by atoms with Crippen LogP contribution < -0.4 is 0 Å². The molecule has 0 unspecified atom stereocenters. The second-order valence-corrected chi connectivity index (χ2v) is 6.34. The van der Waals surface area contributed by atoms with Crippen molar-refractivity contribution >= 4 is 17.8 Å². The SMILES string of the molecule is CC(C)COC(=O)c1ccc2c(c1)CC[C@@H]2N1C(=O)C=CC1=O. The summed E-state index contributed by atoms with van der Waals surface area (Å²) in [4.78, 5) is 37.0. The van der Waals surface area contributed by atoms with Crippen molar-refractivity contribution < 1.29 is 19.1 Å². The number of benzene rings is 1. The Kier molecular flexibility index (Phi) is 4.03. The molecule has 1 atom stereocenters. The van der Waals surface area contributed by atoms with Crippen LogP contribution in [0.2, 0.25) is 0 Å². The van der Waals surface area contributed by atoms with Crippen molar-refractivity contribution in [1.29, 1.82) is 0 Å². The van der Waals surface area contributed by atoms with Gasteiger partial charge in [0, 0.05) is 12.2 Å². The molecule has 0 saturated heterocycles. The van der Waals surface area contributed by atoms with E-state index in [1.807, 2.05) is 26.0 Å². The summed E-state index contributed by atoms with van der Waals surface area (Å²) in [6.45, 7) is 4.36. The molecule has 0 aromatic heterocycles. The molecule has 5 nitrogen and oxygen atoms in total. The zero-order valence-corrected chi connectivity index (χ0v) is 13.2. The fourth-order valence-electron chi connectivity index (χ4n) is 3.03. The molecule has 0 fully saturated rings. The molecule has 3 rings (SSSR count). The van der Waals surface area contributed by atoms with Gasteiger partial charge < -0.3 is 4.74 Å². The zero-order chi connectivity index (χ0) is 16.6. The van der Waals surface area contributed by atoms with Crippen molar-refractivity contribution in [2.45, 2.75) is 32.7 Å². The largest absolute Gasteiger partial charge is 0.462 e. The molecule has 2 amide bonds. The monoisotopic (exact) mass is 313 g/mol. The second kappa shape index (κ2) is 5.99. The molecule has 1 heterocycles. The third kappa shape index (κ3) is 2.91. The summed E-state index contributed by atoms with van der Waals surface area (Å²) in [5.74, 6) is -0.584. The molecule has 1 aliphatic carbocycles. The van der Waals surface area contributed by atoms with Gasteiger partial charge in [-0.15, -0.1) is 0 Å². The lowest BCUT2D eigenvalue weighted by atomic mass is 10.0. The molecule has 0 bridgehead atoms. The highest BCUT2D eigenvalue weighted by Crippen LogP contribution is 2.37. The van der Waals surface area contributed by atoms with E-state index in [1.54, 1.807) is 6.07 Å². The number of imide groups is 1. The Morgan fingerprint density at radius 3 is 2.61 bits per heavy atom. The number of ether oxygens (including phenoxy) is 1. The summed E-state index contributed by atoms with van der Waals surface area (Å²) >= 11 is 0. The van der Waals surface area contributed by atoms with E-state index in [0.29, 0.717) is 18.6 Å². The molecular formula is C18H19NO4. The summed E-state index contributed by atoms with van der Waals surface area (Å²) < 4.78 is 5.24. The van der Waals surface area contributed by atoms with E-state index >= 15 is 0 Å². The van der Waals surface area contributed by atoms with Crippen LogP contribution in [0.25, 0.3) is 0 Å². The zero-order valence-electron chi connectivity index (χ0n) is 13.2. The van der Waals surface area contributed by atoms with Crippen molar-refractivity contribution in [3.05, 3.63) is 47.0 Å². The van der Waals surface area contributed by atoms with Gasteiger partial charge in [0.1, 0.15) is 0 Å². The van der Waals surface area contributed by atoms with Crippen molar-refractivity contribution in [2.24, 2.45) is 5.92 Å². The van der Waals surface area contributed by atoms with Crippen LogP contribution in [0.4, 0.5) is 0 Å². The van der Waals surface area contributed by atoms with Crippen LogP contribution in [0.15, 0.2) is 30.4 Å². The fraction of sp³-hybridized carbons (Fsp3) is 0.389. The summed E-state index contributed by atoms with van der Waals surface area (Å²) in [6.07, 6.45) is 4.04. The van der Waals surface area contributed by atoms with Crippen LogP contribution in [-0.4, -0.2) is 29.3 Å². The van der Waals surface area contributed by atoms with Crippen molar-refractivity contribution in [1.82, 2.24) is 4.90 Å². The minimum Gasteiger partial charge on any atom is -0.462 e. The van der Waals surface area contributed by atoms with E-state index in [1.165, 1.54) is 17.1 Å². The fourth-order valence-corrected chi connectivity index (χ4v) is 3.03. The van der Waals surface area contributed by atoms with Crippen LogP contribution in [0.3, 0.4) is 0 Å². The maximum absolute atomic E-state index is 12.0. The van der Waals surface area contributed by atoms with Gasteiger partial charge in [-0.1, -0.05) is 19.9 Å². The smallest absolute Gasteiger partial charge is 0.338 e. The normalized spacial score (nSPS) is 19.6. The maximum atomic E-state index is 12.0.